The predicted octanol–water partition coefficient (Wildman–Crippen LogP) is 1.98. The maximum Gasteiger partial charge on any atom is 0.261 e. The van der Waals surface area contributed by atoms with Gasteiger partial charge >= 0.3 is 0 Å². The Hall–Kier alpha value is -0.400. The van der Waals surface area contributed by atoms with Crippen LogP contribution in [0.1, 0.15) is 22.2 Å². The molecule has 1 amide bonds. The van der Waals surface area contributed by atoms with Crippen LogP contribution in [0, 0.1) is 6.92 Å². The lowest BCUT2D eigenvalue weighted by Crippen LogP contribution is -2.36. The minimum atomic E-state index is -3.07. The number of nitrogens with one attached hydrogen (secondary N) is 1. The van der Waals surface area contributed by atoms with E-state index in [1.165, 1.54) is 11.3 Å². The maximum absolute atomic E-state index is 11.8. The first-order valence-corrected chi connectivity index (χ1v) is 8.60. The van der Waals surface area contributed by atoms with E-state index in [4.69, 9.17) is 0 Å². The highest BCUT2D eigenvalue weighted by Crippen LogP contribution is 2.27. The predicted molar refractivity (Wildman–Crippen MR) is 73.4 cm³/mol. The Bertz CT molecular complexity index is 502. The number of rotatable bonds is 4. The lowest BCUT2D eigenvalue weighted by Gasteiger charge is -2.11. The molecule has 0 aliphatic rings. The van der Waals surface area contributed by atoms with Gasteiger partial charge in [-0.15, -0.1) is 11.3 Å². The van der Waals surface area contributed by atoms with E-state index in [2.05, 4.69) is 21.2 Å². The summed E-state index contributed by atoms with van der Waals surface area (Å²) in [7, 11) is -3.07. The lowest BCUT2D eigenvalue weighted by atomic mass is 10.3. The summed E-state index contributed by atoms with van der Waals surface area (Å²) in [4.78, 5) is 12.4. The highest BCUT2D eigenvalue weighted by atomic mass is 79.9. The molecule has 0 fully saturated rings. The molecule has 0 spiro atoms. The molecular formula is C10H14BrNO3S2. The second kappa shape index (κ2) is 5.49. The van der Waals surface area contributed by atoms with Gasteiger partial charge < -0.3 is 5.32 Å². The Morgan fingerprint density at radius 3 is 2.59 bits per heavy atom. The molecule has 0 radical (unpaired) electrons. The Morgan fingerprint density at radius 1 is 1.59 bits per heavy atom. The van der Waals surface area contributed by atoms with E-state index >= 15 is 0 Å². The van der Waals surface area contributed by atoms with Crippen molar-refractivity contribution in [2.24, 2.45) is 0 Å². The number of carbonyl (C=O) groups excluding carboxylic acids is 1. The smallest absolute Gasteiger partial charge is 0.261 e. The highest BCUT2D eigenvalue weighted by Gasteiger charge is 2.16. The van der Waals surface area contributed by atoms with Crippen LogP contribution in [-0.2, 0) is 9.84 Å². The fraction of sp³-hybridized carbons (Fsp3) is 0.500. The number of thiophene rings is 1. The van der Waals surface area contributed by atoms with Crippen LogP contribution in [0.25, 0.3) is 0 Å². The SMILES string of the molecule is Cc1cc(C(=O)NC(C)CS(C)(=O)=O)sc1Br. The minimum Gasteiger partial charge on any atom is -0.348 e. The normalized spacial score (nSPS) is 13.4. The number of halogens is 1. The van der Waals surface area contributed by atoms with Gasteiger partial charge in [0.05, 0.1) is 14.4 Å². The molecule has 1 atom stereocenters. The molecular weight excluding hydrogens is 326 g/mol. The third-order valence-electron chi connectivity index (χ3n) is 2.01. The third-order valence-corrected chi connectivity index (χ3v) is 5.25. The fourth-order valence-electron chi connectivity index (χ4n) is 1.36. The number of carbonyl (C=O) groups is 1. The highest BCUT2D eigenvalue weighted by molar-refractivity contribution is 9.11. The van der Waals surface area contributed by atoms with Crippen molar-refractivity contribution in [2.75, 3.05) is 12.0 Å². The van der Waals surface area contributed by atoms with Crippen LogP contribution in [0.15, 0.2) is 9.85 Å². The van der Waals surface area contributed by atoms with Crippen LogP contribution in [0.4, 0.5) is 0 Å². The molecule has 1 aromatic rings. The molecule has 96 valence electrons. The zero-order valence-electron chi connectivity index (χ0n) is 9.78. The van der Waals surface area contributed by atoms with Crippen LogP contribution in [0.2, 0.25) is 0 Å². The van der Waals surface area contributed by atoms with Crippen molar-refractivity contribution < 1.29 is 13.2 Å². The molecule has 1 rings (SSSR count). The van der Waals surface area contributed by atoms with E-state index in [0.717, 1.165) is 15.6 Å². The van der Waals surface area contributed by atoms with Crippen molar-refractivity contribution in [3.8, 4) is 0 Å². The van der Waals surface area contributed by atoms with Crippen LogP contribution in [-0.4, -0.2) is 32.4 Å². The van der Waals surface area contributed by atoms with Crippen molar-refractivity contribution in [3.63, 3.8) is 0 Å². The Balaban J connectivity index is 2.67. The van der Waals surface area contributed by atoms with Crippen LogP contribution in [0.5, 0.6) is 0 Å². The third kappa shape index (κ3) is 4.77. The summed E-state index contributed by atoms with van der Waals surface area (Å²) in [5, 5.41) is 2.66. The van der Waals surface area contributed by atoms with E-state index < -0.39 is 15.9 Å². The van der Waals surface area contributed by atoms with Crippen molar-refractivity contribution >= 4 is 43.0 Å². The van der Waals surface area contributed by atoms with Crippen molar-refractivity contribution in [2.45, 2.75) is 19.9 Å². The van der Waals surface area contributed by atoms with Gasteiger partial charge in [-0.25, -0.2) is 8.42 Å². The van der Waals surface area contributed by atoms with E-state index in [1.54, 1.807) is 13.0 Å². The van der Waals surface area contributed by atoms with Crippen molar-refractivity contribution in [3.05, 3.63) is 20.3 Å². The summed E-state index contributed by atoms with van der Waals surface area (Å²) >= 11 is 4.68. The Morgan fingerprint density at radius 2 is 2.18 bits per heavy atom. The monoisotopic (exact) mass is 339 g/mol. The van der Waals surface area contributed by atoms with Gasteiger partial charge in [-0.1, -0.05) is 0 Å². The van der Waals surface area contributed by atoms with Gasteiger partial charge in [0, 0.05) is 12.3 Å². The molecule has 0 saturated heterocycles. The van der Waals surface area contributed by atoms with Crippen LogP contribution >= 0.6 is 27.3 Å². The number of sulfone groups is 1. The standard InChI is InChI=1S/C10H14BrNO3S2/c1-6-4-8(16-9(6)11)10(13)12-7(2)5-17(3,14)15/h4,7H,5H2,1-3H3,(H,12,13). The molecule has 1 heterocycles. The number of hydrogen-bond acceptors (Lipinski definition) is 4. The van der Waals surface area contributed by atoms with E-state index in [1.807, 2.05) is 6.92 Å². The molecule has 1 N–H and O–H groups in total. The van der Waals surface area contributed by atoms with E-state index in [0.29, 0.717) is 4.88 Å². The maximum atomic E-state index is 11.8. The van der Waals surface area contributed by atoms with E-state index in [9.17, 15) is 13.2 Å². The number of aryl methyl sites for hydroxylation is 1. The molecule has 0 aliphatic heterocycles. The summed E-state index contributed by atoms with van der Waals surface area (Å²) in [6.07, 6.45) is 1.15. The molecule has 0 saturated carbocycles. The second-order valence-corrected chi connectivity index (χ2v) is 8.59. The summed E-state index contributed by atoms with van der Waals surface area (Å²) in [6.45, 7) is 3.58. The van der Waals surface area contributed by atoms with Gasteiger partial charge in [-0.2, -0.15) is 0 Å². The first-order valence-electron chi connectivity index (χ1n) is 4.93. The number of hydrogen-bond donors (Lipinski definition) is 1. The first-order chi connectivity index (χ1) is 7.69. The summed E-state index contributed by atoms with van der Waals surface area (Å²) in [6, 6.07) is 1.38. The van der Waals surface area contributed by atoms with Gasteiger partial charge in [0.2, 0.25) is 0 Å². The summed E-state index contributed by atoms with van der Waals surface area (Å²) < 4.78 is 23.0. The quantitative estimate of drug-likeness (QED) is 0.912. The second-order valence-electron chi connectivity index (χ2n) is 4.03. The van der Waals surface area contributed by atoms with Gasteiger partial charge in [-0.05, 0) is 41.4 Å². The molecule has 0 aromatic carbocycles. The zero-order chi connectivity index (χ0) is 13.2. The molecule has 4 nitrogen and oxygen atoms in total. The average molecular weight is 340 g/mol. The summed E-state index contributed by atoms with van der Waals surface area (Å²) in [5.74, 6) is -0.287. The van der Waals surface area contributed by atoms with Gasteiger partial charge in [0.15, 0.2) is 0 Å². The molecule has 1 unspecified atom stereocenters. The average Bonchev–Trinajstić information content (AvgIpc) is 2.43. The number of amides is 1. The van der Waals surface area contributed by atoms with Gasteiger partial charge in [0.1, 0.15) is 9.84 Å². The van der Waals surface area contributed by atoms with Crippen molar-refractivity contribution in [1.29, 1.82) is 0 Å². The van der Waals surface area contributed by atoms with Crippen LogP contribution < -0.4 is 5.32 Å². The fourth-order valence-corrected chi connectivity index (χ4v) is 3.79. The molecule has 0 aliphatic carbocycles. The largest absolute Gasteiger partial charge is 0.348 e. The summed E-state index contributed by atoms with van der Waals surface area (Å²) in [5.41, 5.74) is 0.996. The molecule has 0 bridgehead atoms. The Kier molecular flexibility index (Phi) is 4.74. The lowest BCUT2D eigenvalue weighted by molar-refractivity contribution is 0.0947. The van der Waals surface area contributed by atoms with Gasteiger partial charge in [0.25, 0.3) is 5.91 Å². The zero-order valence-corrected chi connectivity index (χ0v) is 13.0. The first kappa shape index (κ1) is 14.7. The topological polar surface area (TPSA) is 63.2 Å². The van der Waals surface area contributed by atoms with Crippen LogP contribution in [0.3, 0.4) is 0 Å². The van der Waals surface area contributed by atoms with E-state index in [-0.39, 0.29) is 11.7 Å². The molecule has 1 aromatic heterocycles. The Labute approximate surface area is 113 Å². The molecule has 17 heavy (non-hydrogen) atoms. The van der Waals surface area contributed by atoms with Gasteiger partial charge in [-0.3, -0.25) is 4.79 Å². The minimum absolute atomic E-state index is 0.0513. The molecule has 7 heteroatoms. The van der Waals surface area contributed by atoms with Crippen molar-refractivity contribution in [1.82, 2.24) is 5.32 Å².